The van der Waals surface area contributed by atoms with Crippen molar-refractivity contribution in [2.45, 2.75) is 31.1 Å². The van der Waals surface area contributed by atoms with Gasteiger partial charge in [0.15, 0.2) is 0 Å². The Morgan fingerprint density at radius 3 is 2.44 bits per heavy atom. The van der Waals surface area contributed by atoms with E-state index < -0.39 is 15.9 Å². The number of rotatable bonds is 5. The molecule has 0 radical (unpaired) electrons. The Hall–Kier alpha value is -3.66. The number of phenolic OH excluding ortho intramolecular Hbond substituents is 1. The second-order valence-electron chi connectivity index (χ2n) is 8.75. The first-order valence-corrected chi connectivity index (χ1v) is 12.1. The van der Waals surface area contributed by atoms with Crippen LogP contribution >= 0.6 is 0 Å². The van der Waals surface area contributed by atoms with E-state index in [-0.39, 0.29) is 55.6 Å². The standard InChI is InChI=1S/C25H23N5O4S.Cu/c1-25(2,3)17-9-10-21(31)19(14-17)28-29-20-15-26-13-11-18(20)24(32)30-35(33,34)22-8-4-6-16-7-5-12-27-23(16)22;/h4-15H,1-3H3,(H2,29,30,31,32);/q;+1/p-1. The number of benzene rings is 2. The van der Waals surface area contributed by atoms with E-state index in [0.717, 1.165) is 5.56 Å². The van der Waals surface area contributed by atoms with Crippen molar-refractivity contribution in [3.63, 3.8) is 0 Å². The van der Waals surface area contributed by atoms with Crippen molar-refractivity contribution in [1.82, 2.24) is 9.97 Å². The van der Waals surface area contributed by atoms with Crippen LogP contribution in [0.25, 0.3) is 15.6 Å². The second kappa shape index (κ2) is 10.5. The zero-order valence-corrected chi connectivity index (χ0v) is 21.3. The molecule has 11 heteroatoms. The van der Waals surface area contributed by atoms with Crippen LogP contribution in [0.2, 0.25) is 0 Å². The van der Waals surface area contributed by atoms with Crippen molar-refractivity contribution >= 4 is 38.2 Å². The first kappa shape index (κ1) is 26.9. The summed E-state index contributed by atoms with van der Waals surface area (Å²) in [6, 6.07) is 14.3. The molecule has 0 bridgehead atoms. The van der Waals surface area contributed by atoms with Crippen molar-refractivity contribution in [2.24, 2.45) is 10.2 Å². The van der Waals surface area contributed by atoms with Crippen LogP contribution in [0.15, 0.2) is 88.3 Å². The van der Waals surface area contributed by atoms with E-state index in [1.807, 2.05) is 20.8 Å². The van der Waals surface area contributed by atoms with Crippen molar-refractivity contribution < 1.29 is 35.4 Å². The molecule has 2 aromatic heterocycles. The van der Waals surface area contributed by atoms with Crippen molar-refractivity contribution in [1.29, 1.82) is 0 Å². The number of carbonyl (C=O) groups excluding carboxylic acids is 1. The molecule has 0 saturated carbocycles. The summed E-state index contributed by atoms with van der Waals surface area (Å²) in [4.78, 5) is 20.8. The minimum Gasteiger partial charge on any atom is -0.537 e. The molecule has 1 N–H and O–H groups in total. The Morgan fingerprint density at radius 1 is 0.972 bits per heavy atom. The van der Waals surface area contributed by atoms with Gasteiger partial charge >= 0.3 is 17.1 Å². The number of nitrogens with zero attached hydrogens (tertiary/aromatic N) is 5. The number of hydrogen-bond acceptors (Lipinski definition) is 8. The van der Waals surface area contributed by atoms with E-state index in [9.17, 15) is 18.3 Å². The first-order valence-electron chi connectivity index (χ1n) is 10.6. The molecule has 4 rings (SSSR count). The molecule has 0 unspecified atom stereocenters. The summed E-state index contributed by atoms with van der Waals surface area (Å²) in [5.41, 5.74) is 1.06. The normalized spacial score (nSPS) is 11.9. The largest absolute Gasteiger partial charge is 1.00 e. The fourth-order valence-corrected chi connectivity index (χ4v) is 4.40. The smallest absolute Gasteiger partial charge is 0.537 e. The van der Waals surface area contributed by atoms with Crippen LogP contribution < -0.4 is 0 Å². The molecule has 0 atom stereocenters. The molecule has 0 fully saturated rings. The molecule has 0 aliphatic rings. The summed E-state index contributed by atoms with van der Waals surface area (Å²) in [7, 11) is -4.37. The number of pyridine rings is 2. The fraction of sp³-hybridized carbons (Fsp3) is 0.160. The van der Waals surface area contributed by atoms with Crippen LogP contribution in [-0.2, 0) is 32.5 Å². The van der Waals surface area contributed by atoms with Crippen LogP contribution in [0.5, 0.6) is 5.75 Å². The van der Waals surface area contributed by atoms with Crippen molar-refractivity contribution in [2.75, 3.05) is 0 Å². The number of fused-ring (bicyclic) bond motifs is 1. The number of carbonyl (C=O) groups is 1. The quantitative estimate of drug-likeness (QED) is 0.240. The zero-order valence-electron chi connectivity index (χ0n) is 19.5. The summed E-state index contributed by atoms with van der Waals surface area (Å²) in [5, 5.41) is 18.9. The summed E-state index contributed by atoms with van der Waals surface area (Å²) < 4.78 is 29.4. The van der Waals surface area contributed by atoms with E-state index in [1.165, 1.54) is 36.8 Å². The average Bonchev–Trinajstić information content (AvgIpc) is 2.82. The van der Waals surface area contributed by atoms with E-state index in [4.69, 9.17) is 0 Å². The van der Waals surface area contributed by atoms with Gasteiger partial charge in [0.1, 0.15) is 27.1 Å². The summed E-state index contributed by atoms with van der Waals surface area (Å²) >= 11 is 0. The third-order valence-corrected chi connectivity index (χ3v) is 6.51. The van der Waals surface area contributed by atoms with Gasteiger partial charge in [-0.05, 0) is 41.3 Å². The number of amides is 1. The molecule has 2 aromatic carbocycles. The minimum atomic E-state index is -4.37. The molecule has 0 aliphatic heterocycles. The Balaban J connectivity index is 0.00000361. The molecule has 1 amide bonds. The van der Waals surface area contributed by atoms with Crippen molar-refractivity contribution in [3.05, 3.63) is 89.0 Å². The molecule has 0 saturated heterocycles. The number of hydrogen-bond donors (Lipinski definition) is 1. The van der Waals surface area contributed by atoms with Gasteiger partial charge in [0.25, 0.3) is 0 Å². The number of azo groups is 1. The summed E-state index contributed by atoms with van der Waals surface area (Å²) in [6.07, 6.45) is 4.06. The third kappa shape index (κ3) is 5.76. The molecule has 36 heavy (non-hydrogen) atoms. The molecule has 188 valence electrons. The second-order valence-corrected chi connectivity index (χ2v) is 10.3. The Labute approximate surface area is 219 Å². The van der Waals surface area contributed by atoms with Gasteiger partial charge in [0.2, 0.25) is 0 Å². The van der Waals surface area contributed by atoms with Crippen LogP contribution in [0, 0.1) is 0 Å². The number of para-hydroxylation sites is 1. The Morgan fingerprint density at radius 2 is 1.69 bits per heavy atom. The van der Waals surface area contributed by atoms with E-state index in [1.54, 1.807) is 36.4 Å². The fourth-order valence-electron chi connectivity index (χ4n) is 3.32. The van der Waals surface area contributed by atoms with Crippen LogP contribution in [-0.4, -0.2) is 29.4 Å². The van der Waals surface area contributed by atoms with Crippen LogP contribution in [0.4, 0.5) is 11.4 Å². The molecule has 2 heterocycles. The van der Waals surface area contributed by atoms with Gasteiger partial charge in [0.05, 0.1) is 22.5 Å². The molecule has 4 aromatic rings. The van der Waals surface area contributed by atoms with Gasteiger partial charge < -0.3 is 14.6 Å². The SMILES string of the molecule is CC(C)(C)c1ccc(O)c(N=Nc2cnccc2C(=O)[N-]S(=O)(=O)c2cccc3cccnc23)c1.[Cu+]. The maximum absolute atomic E-state index is 13.0. The zero-order chi connectivity index (χ0) is 25.2. The van der Waals surface area contributed by atoms with Crippen LogP contribution in [0.1, 0.15) is 36.7 Å². The molecular weight excluding hydrogens is 530 g/mol. The number of phenols is 1. The number of aromatic nitrogens is 2. The van der Waals surface area contributed by atoms with E-state index in [2.05, 4.69) is 24.9 Å². The van der Waals surface area contributed by atoms with Gasteiger partial charge in [-0.25, -0.2) is 8.42 Å². The number of sulfonamides is 1. The predicted octanol–water partition coefficient (Wildman–Crippen LogP) is 5.95. The van der Waals surface area contributed by atoms with E-state index >= 15 is 0 Å². The molecule has 0 spiro atoms. The molecule has 0 aliphatic carbocycles. The number of aromatic hydroxyl groups is 1. The topological polar surface area (TPSA) is 136 Å². The third-order valence-electron chi connectivity index (χ3n) is 5.21. The summed E-state index contributed by atoms with van der Waals surface area (Å²) in [5.74, 6) is -1.11. The summed E-state index contributed by atoms with van der Waals surface area (Å²) in [6.45, 7) is 6.06. The van der Waals surface area contributed by atoms with Gasteiger partial charge in [-0.1, -0.05) is 45.0 Å². The van der Waals surface area contributed by atoms with Gasteiger partial charge in [-0.3, -0.25) is 9.97 Å². The van der Waals surface area contributed by atoms with Gasteiger partial charge in [0, 0.05) is 23.3 Å². The average molecular weight is 552 g/mol. The Kier molecular flexibility index (Phi) is 7.88. The predicted molar refractivity (Wildman–Crippen MR) is 132 cm³/mol. The van der Waals surface area contributed by atoms with Gasteiger partial charge in [-0.2, -0.15) is 0 Å². The monoisotopic (exact) mass is 551 g/mol. The Bertz CT molecular complexity index is 1560. The maximum Gasteiger partial charge on any atom is 1.00 e. The molecule has 9 nitrogen and oxygen atoms in total. The van der Waals surface area contributed by atoms with Gasteiger partial charge in [-0.15, -0.1) is 10.2 Å². The van der Waals surface area contributed by atoms with Crippen molar-refractivity contribution in [3.8, 4) is 5.75 Å². The molecular formula is C25H22CuN5O4S. The minimum absolute atomic E-state index is 0. The first-order chi connectivity index (χ1) is 16.6. The van der Waals surface area contributed by atoms with E-state index in [0.29, 0.717) is 5.39 Å². The maximum atomic E-state index is 13.0. The van der Waals surface area contributed by atoms with Crippen LogP contribution in [0.3, 0.4) is 0 Å².